The maximum absolute atomic E-state index is 2.68. The zero-order chi connectivity index (χ0) is 13.3. The van der Waals surface area contributed by atoms with Gasteiger partial charge in [-0.05, 0) is 48.0 Å². The summed E-state index contributed by atoms with van der Waals surface area (Å²) in [6.07, 6.45) is 2.58. The molecule has 0 amide bonds. The molecule has 1 rings (SSSR count). The molecule has 2 heteroatoms. The number of hydrogen-bond acceptors (Lipinski definition) is 2. The number of rotatable bonds is 3. The van der Waals surface area contributed by atoms with Gasteiger partial charge in [-0.1, -0.05) is 13.3 Å². The van der Waals surface area contributed by atoms with Crippen LogP contribution < -0.4 is 0 Å². The average Bonchev–Trinajstić information content (AvgIpc) is 2.15. The van der Waals surface area contributed by atoms with Crippen molar-refractivity contribution in [2.75, 3.05) is 19.6 Å². The third-order valence-corrected chi connectivity index (χ3v) is 4.21. The van der Waals surface area contributed by atoms with E-state index in [1.54, 1.807) is 0 Å². The number of hydrogen-bond donors (Lipinski definition) is 0. The Morgan fingerprint density at radius 1 is 1.06 bits per heavy atom. The first-order valence-corrected chi connectivity index (χ1v) is 7.20. The third-order valence-electron chi connectivity index (χ3n) is 4.21. The second-order valence-electron chi connectivity index (χ2n) is 7.22. The van der Waals surface area contributed by atoms with Gasteiger partial charge in [-0.3, -0.25) is 9.80 Å². The molecule has 0 spiro atoms. The normalized spacial score (nSPS) is 25.2. The summed E-state index contributed by atoms with van der Waals surface area (Å²) < 4.78 is 0. The number of nitrogens with zero attached hydrogens (tertiary/aromatic N) is 2. The molecule has 0 bridgehead atoms. The fourth-order valence-electron chi connectivity index (χ4n) is 3.27. The molecule has 1 saturated heterocycles. The summed E-state index contributed by atoms with van der Waals surface area (Å²) in [6, 6.07) is 0.667. The van der Waals surface area contributed by atoms with Gasteiger partial charge in [-0.2, -0.15) is 0 Å². The van der Waals surface area contributed by atoms with Gasteiger partial charge < -0.3 is 0 Å². The lowest BCUT2D eigenvalue weighted by Crippen LogP contribution is -2.62. The van der Waals surface area contributed by atoms with Crippen molar-refractivity contribution in [2.45, 2.75) is 78.4 Å². The average molecular weight is 240 g/mol. The minimum atomic E-state index is 0.306. The van der Waals surface area contributed by atoms with Crippen LogP contribution in [0.2, 0.25) is 0 Å². The van der Waals surface area contributed by atoms with Crippen LogP contribution in [0, 0.1) is 0 Å². The molecule has 0 unspecified atom stereocenters. The molecule has 17 heavy (non-hydrogen) atoms. The topological polar surface area (TPSA) is 6.48 Å². The van der Waals surface area contributed by atoms with E-state index in [1.807, 2.05) is 0 Å². The minimum Gasteiger partial charge on any atom is -0.295 e. The standard InChI is InChI=1S/C15H32N2/c1-8-9-15(6,7)16-10-11-17(13(2)12-16)14(3,4)5/h13H,8-12H2,1-7H3/t13-/m1/s1. The second kappa shape index (κ2) is 5.27. The summed E-state index contributed by atoms with van der Waals surface area (Å²) in [5.74, 6) is 0. The largest absolute Gasteiger partial charge is 0.295 e. The smallest absolute Gasteiger partial charge is 0.0200 e. The fourth-order valence-corrected chi connectivity index (χ4v) is 3.27. The van der Waals surface area contributed by atoms with Crippen LogP contribution >= 0.6 is 0 Å². The van der Waals surface area contributed by atoms with Gasteiger partial charge >= 0.3 is 0 Å². The first kappa shape index (κ1) is 15.0. The molecule has 1 aliphatic rings. The zero-order valence-corrected chi connectivity index (χ0v) is 13.0. The Labute approximate surface area is 108 Å². The first-order chi connectivity index (χ1) is 7.68. The molecule has 0 saturated carbocycles. The van der Waals surface area contributed by atoms with Crippen LogP contribution in [0.1, 0.15) is 61.3 Å². The van der Waals surface area contributed by atoms with Crippen molar-refractivity contribution in [1.82, 2.24) is 9.80 Å². The van der Waals surface area contributed by atoms with E-state index in [2.05, 4.69) is 58.3 Å². The van der Waals surface area contributed by atoms with Gasteiger partial charge in [0.1, 0.15) is 0 Å². The molecule has 0 aromatic carbocycles. The van der Waals surface area contributed by atoms with E-state index in [0.717, 1.165) is 0 Å². The molecule has 102 valence electrons. The van der Waals surface area contributed by atoms with E-state index >= 15 is 0 Å². The monoisotopic (exact) mass is 240 g/mol. The van der Waals surface area contributed by atoms with Gasteiger partial charge in [0.15, 0.2) is 0 Å². The molecule has 0 aliphatic carbocycles. The van der Waals surface area contributed by atoms with Gasteiger partial charge in [0.25, 0.3) is 0 Å². The molecule has 1 aliphatic heterocycles. The van der Waals surface area contributed by atoms with Crippen molar-refractivity contribution in [3.05, 3.63) is 0 Å². The van der Waals surface area contributed by atoms with Crippen molar-refractivity contribution >= 4 is 0 Å². The van der Waals surface area contributed by atoms with Crippen LogP contribution in [0.15, 0.2) is 0 Å². The van der Waals surface area contributed by atoms with E-state index in [-0.39, 0.29) is 0 Å². The highest BCUT2D eigenvalue weighted by Gasteiger charge is 2.36. The van der Waals surface area contributed by atoms with Crippen LogP contribution in [0.3, 0.4) is 0 Å². The van der Waals surface area contributed by atoms with Gasteiger partial charge in [-0.25, -0.2) is 0 Å². The summed E-state index contributed by atoms with van der Waals surface area (Å²) in [5.41, 5.74) is 0.674. The number of piperazine rings is 1. The van der Waals surface area contributed by atoms with Gasteiger partial charge in [0.2, 0.25) is 0 Å². The van der Waals surface area contributed by atoms with E-state index < -0.39 is 0 Å². The van der Waals surface area contributed by atoms with Crippen molar-refractivity contribution in [3.63, 3.8) is 0 Å². The fraction of sp³-hybridized carbons (Fsp3) is 1.00. The summed E-state index contributed by atoms with van der Waals surface area (Å²) in [4.78, 5) is 5.33. The maximum atomic E-state index is 2.68. The molecule has 1 fully saturated rings. The van der Waals surface area contributed by atoms with E-state index in [1.165, 1.54) is 32.5 Å². The van der Waals surface area contributed by atoms with Crippen LogP contribution in [-0.2, 0) is 0 Å². The molecule has 0 radical (unpaired) electrons. The predicted molar refractivity (Wildman–Crippen MR) is 76.5 cm³/mol. The van der Waals surface area contributed by atoms with Crippen molar-refractivity contribution in [1.29, 1.82) is 0 Å². The highest BCUT2D eigenvalue weighted by atomic mass is 15.3. The van der Waals surface area contributed by atoms with E-state index in [0.29, 0.717) is 17.1 Å². The Morgan fingerprint density at radius 2 is 1.65 bits per heavy atom. The van der Waals surface area contributed by atoms with Gasteiger partial charge in [-0.15, -0.1) is 0 Å². The third kappa shape index (κ3) is 3.69. The molecule has 0 aromatic rings. The van der Waals surface area contributed by atoms with Crippen molar-refractivity contribution < 1.29 is 0 Å². The van der Waals surface area contributed by atoms with E-state index in [9.17, 15) is 0 Å². The molecule has 1 atom stereocenters. The lowest BCUT2D eigenvalue weighted by molar-refractivity contribution is -0.0227. The van der Waals surface area contributed by atoms with E-state index in [4.69, 9.17) is 0 Å². The molecule has 0 aromatic heterocycles. The van der Waals surface area contributed by atoms with Crippen LogP contribution in [0.4, 0.5) is 0 Å². The summed E-state index contributed by atoms with van der Waals surface area (Å²) in [7, 11) is 0. The summed E-state index contributed by atoms with van der Waals surface area (Å²) in [5, 5.41) is 0. The van der Waals surface area contributed by atoms with Gasteiger partial charge in [0.05, 0.1) is 0 Å². The molecule has 2 nitrogen and oxygen atoms in total. The van der Waals surface area contributed by atoms with Gasteiger partial charge in [0, 0.05) is 36.8 Å². The molecular formula is C15H32N2. The Kier molecular flexibility index (Phi) is 4.65. The highest BCUT2D eigenvalue weighted by Crippen LogP contribution is 2.27. The Morgan fingerprint density at radius 3 is 2.06 bits per heavy atom. The Bertz CT molecular complexity index is 240. The quantitative estimate of drug-likeness (QED) is 0.746. The maximum Gasteiger partial charge on any atom is 0.0200 e. The predicted octanol–water partition coefficient (Wildman–Crippen LogP) is 3.37. The van der Waals surface area contributed by atoms with Crippen LogP contribution in [0.5, 0.6) is 0 Å². The zero-order valence-electron chi connectivity index (χ0n) is 13.0. The molecule has 0 N–H and O–H groups in total. The van der Waals surface area contributed by atoms with Crippen LogP contribution in [-0.4, -0.2) is 46.6 Å². The minimum absolute atomic E-state index is 0.306. The summed E-state index contributed by atoms with van der Waals surface area (Å²) >= 11 is 0. The second-order valence-corrected chi connectivity index (χ2v) is 7.22. The lowest BCUT2D eigenvalue weighted by atomic mass is 9.93. The Balaban J connectivity index is 2.64. The SMILES string of the molecule is CCCC(C)(C)N1CCN(C(C)(C)C)[C@H](C)C1. The Hall–Kier alpha value is -0.0800. The first-order valence-electron chi connectivity index (χ1n) is 7.20. The van der Waals surface area contributed by atoms with Crippen LogP contribution in [0.25, 0.3) is 0 Å². The highest BCUT2D eigenvalue weighted by molar-refractivity contribution is 4.92. The lowest BCUT2D eigenvalue weighted by Gasteiger charge is -2.51. The molecule has 1 heterocycles. The summed E-state index contributed by atoms with van der Waals surface area (Å²) in [6.45, 7) is 20.1. The molecular weight excluding hydrogens is 208 g/mol. The van der Waals surface area contributed by atoms with Crippen molar-refractivity contribution in [3.8, 4) is 0 Å². The van der Waals surface area contributed by atoms with Crippen molar-refractivity contribution in [2.24, 2.45) is 0 Å².